The van der Waals surface area contributed by atoms with Crippen LogP contribution in [0, 0.1) is 18.7 Å². The normalized spacial score (nSPS) is 10.3. The summed E-state index contributed by atoms with van der Waals surface area (Å²) < 4.78 is 26.3. The van der Waals surface area contributed by atoms with Crippen molar-refractivity contribution in [2.24, 2.45) is 0 Å². The molecule has 0 aliphatic carbocycles. The van der Waals surface area contributed by atoms with Crippen molar-refractivity contribution in [3.63, 3.8) is 0 Å². The van der Waals surface area contributed by atoms with E-state index in [1.54, 1.807) is 25.1 Å². The number of hydrogen-bond acceptors (Lipinski definition) is 2. The molecule has 0 bridgehead atoms. The van der Waals surface area contributed by atoms with Gasteiger partial charge in [0.25, 0.3) is 5.91 Å². The van der Waals surface area contributed by atoms with E-state index in [2.05, 4.69) is 10.3 Å². The zero-order valence-corrected chi connectivity index (χ0v) is 10.6. The van der Waals surface area contributed by atoms with Gasteiger partial charge in [-0.2, -0.15) is 4.39 Å². The molecule has 1 amide bonds. The molecule has 1 aromatic heterocycles. The number of anilines is 1. The highest BCUT2D eigenvalue weighted by Gasteiger charge is 2.16. The Kier molecular flexibility index (Phi) is 3.76. The predicted molar refractivity (Wildman–Crippen MR) is 68.3 cm³/mol. The maximum atomic E-state index is 13.4. The van der Waals surface area contributed by atoms with Crippen LogP contribution in [0.1, 0.15) is 15.9 Å². The quantitative estimate of drug-likeness (QED) is 0.856. The summed E-state index contributed by atoms with van der Waals surface area (Å²) in [6.07, 6.45) is 1.03. The molecule has 2 rings (SSSR count). The molecule has 0 fully saturated rings. The summed E-state index contributed by atoms with van der Waals surface area (Å²) in [5.74, 6) is -3.32. The molecule has 1 aromatic carbocycles. The van der Waals surface area contributed by atoms with Crippen LogP contribution in [0.2, 0.25) is 5.02 Å². The molecular formula is C13H9ClF2N2O. The number of carbonyl (C=O) groups excluding carboxylic acids is 1. The van der Waals surface area contributed by atoms with Gasteiger partial charge in [0.1, 0.15) is 0 Å². The topological polar surface area (TPSA) is 42.0 Å². The van der Waals surface area contributed by atoms with Crippen molar-refractivity contribution in [2.45, 2.75) is 6.92 Å². The van der Waals surface area contributed by atoms with Gasteiger partial charge in [-0.3, -0.25) is 4.79 Å². The average Bonchev–Trinajstić information content (AvgIpc) is 2.36. The lowest BCUT2D eigenvalue weighted by atomic mass is 10.2. The molecule has 2 aromatic rings. The Bertz CT molecular complexity index is 647. The number of amides is 1. The molecular weight excluding hydrogens is 274 g/mol. The Morgan fingerprint density at radius 3 is 2.74 bits per heavy atom. The van der Waals surface area contributed by atoms with E-state index in [0.29, 0.717) is 10.7 Å². The van der Waals surface area contributed by atoms with Crippen LogP contribution in [0.4, 0.5) is 14.5 Å². The van der Waals surface area contributed by atoms with Gasteiger partial charge in [0.05, 0.1) is 5.56 Å². The first-order valence-electron chi connectivity index (χ1n) is 5.36. The monoisotopic (exact) mass is 282 g/mol. The van der Waals surface area contributed by atoms with Crippen LogP contribution in [0.5, 0.6) is 0 Å². The number of rotatable bonds is 2. The lowest BCUT2D eigenvalue weighted by molar-refractivity contribution is 0.102. The minimum absolute atomic E-state index is 0.401. The summed E-state index contributed by atoms with van der Waals surface area (Å²) in [6, 6.07) is 5.94. The maximum Gasteiger partial charge on any atom is 0.258 e. The smallest absolute Gasteiger partial charge is 0.258 e. The zero-order chi connectivity index (χ0) is 14.0. The summed E-state index contributed by atoms with van der Waals surface area (Å²) >= 11 is 5.79. The fourth-order valence-corrected chi connectivity index (χ4v) is 1.78. The molecule has 1 heterocycles. The van der Waals surface area contributed by atoms with Crippen molar-refractivity contribution in [3.05, 3.63) is 58.4 Å². The van der Waals surface area contributed by atoms with Gasteiger partial charge >= 0.3 is 0 Å². The Labute approximate surface area is 113 Å². The van der Waals surface area contributed by atoms with Crippen LogP contribution in [-0.2, 0) is 0 Å². The van der Waals surface area contributed by atoms with Crippen LogP contribution in [0.25, 0.3) is 0 Å². The van der Waals surface area contributed by atoms with E-state index in [1.807, 2.05) is 0 Å². The van der Waals surface area contributed by atoms with E-state index in [9.17, 15) is 13.6 Å². The fraction of sp³-hybridized carbons (Fsp3) is 0.0769. The molecule has 98 valence electrons. The van der Waals surface area contributed by atoms with E-state index in [-0.39, 0.29) is 0 Å². The Hall–Kier alpha value is -2.01. The first-order chi connectivity index (χ1) is 8.99. The van der Waals surface area contributed by atoms with Gasteiger partial charge in [0.15, 0.2) is 5.82 Å². The molecule has 0 aliphatic heterocycles. The Morgan fingerprint density at radius 2 is 2.05 bits per heavy atom. The molecule has 0 unspecified atom stereocenters. The lowest BCUT2D eigenvalue weighted by Crippen LogP contribution is -2.15. The number of benzene rings is 1. The highest BCUT2D eigenvalue weighted by atomic mass is 35.5. The van der Waals surface area contributed by atoms with Gasteiger partial charge in [-0.25, -0.2) is 9.37 Å². The van der Waals surface area contributed by atoms with E-state index >= 15 is 0 Å². The molecule has 1 N–H and O–H groups in total. The minimum Gasteiger partial charge on any atom is -0.322 e. The number of nitrogens with zero attached hydrogens (tertiary/aromatic N) is 1. The largest absolute Gasteiger partial charge is 0.322 e. The van der Waals surface area contributed by atoms with Gasteiger partial charge in [-0.1, -0.05) is 11.6 Å². The van der Waals surface area contributed by atoms with E-state index in [0.717, 1.165) is 17.8 Å². The molecule has 0 saturated carbocycles. The van der Waals surface area contributed by atoms with E-state index < -0.39 is 23.2 Å². The van der Waals surface area contributed by atoms with Gasteiger partial charge in [0.2, 0.25) is 5.95 Å². The van der Waals surface area contributed by atoms with Crippen molar-refractivity contribution < 1.29 is 13.6 Å². The first kappa shape index (κ1) is 13.4. The minimum atomic E-state index is -1.31. The van der Waals surface area contributed by atoms with Gasteiger partial charge in [0, 0.05) is 16.9 Å². The average molecular weight is 283 g/mol. The Morgan fingerprint density at radius 1 is 1.32 bits per heavy atom. The molecule has 0 saturated heterocycles. The van der Waals surface area contributed by atoms with Crippen LogP contribution in [0.15, 0.2) is 30.5 Å². The zero-order valence-electron chi connectivity index (χ0n) is 9.88. The number of pyridine rings is 1. The molecule has 6 heteroatoms. The van der Waals surface area contributed by atoms with Gasteiger partial charge in [-0.05, 0) is 36.8 Å². The summed E-state index contributed by atoms with van der Waals surface area (Å²) in [5, 5.41) is 3.01. The van der Waals surface area contributed by atoms with Crippen LogP contribution < -0.4 is 5.32 Å². The van der Waals surface area contributed by atoms with Crippen LogP contribution >= 0.6 is 11.6 Å². The highest BCUT2D eigenvalue weighted by molar-refractivity contribution is 6.30. The van der Waals surface area contributed by atoms with Gasteiger partial charge in [-0.15, -0.1) is 0 Å². The molecule has 0 aliphatic rings. The van der Waals surface area contributed by atoms with E-state index in [4.69, 9.17) is 11.6 Å². The summed E-state index contributed by atoms with van der Waals surface area (Å²) in [7, 11) is 0. The lowest BCUT2D eigenvalue weighted by Gasteiger charge is -2.09. The standard InChI is InChI=1S/C13H9ClF2N2O/c1-7-6-8(14)2-3-10(7)18-13(19)9-4-5-17-12(16)11(9)15/h2-6H,1H3,(H,18,19). The number of aryl methyl sites for hydroxylation is 1. The molecule has 0 spiro atoms. The number of nitrogens with one attached hydrogen (secondary N) is 1. The second-order valence-corrected chi connectivity index (χ2v) is 4.31. The molecule has 0 atom stereocenters. The number of aromatic nitrogens is 1. The maximum absolute atomic E-state index is 13.4. The third-order valence-electron chi connectivity index (χ3n) is 2.53. The first-order valence-corrected chi connectivity index (χ1v) is 5.74. The van der Waals surface area contributed by atoms with Gasteiger partial charge < -0.3 is 5.32 Å². The number of carbonyl (C=O) groups is 1. The Balaban J connectivity index is 2.28. The van der Waals surface area contributed by atoms with Crippen LogP contribution in [-0.4, -0.2) is 10.9 Å². The van der Waals surface area contributed by atoms with Crippen molar-refractivity contribution in [3.8, 4) is 0 Å². The molecule has 19 heavy (non-hydrogen) atoms. The summed E-state index contributed by atoms with van der Waals surface area (Å²) in [4.78, 5) is 15.0. The second kappa shape index (κ2) is 5.32. The van der Waals surface area contributed by atoms with Crippen molar-refractivity contribution >= 4 is 23.2 Å². The third-order valence-corrected chi connectivity index (χ3v) is 2.76. The summed E-state index contributed by atoms with van der Waals surface area (Å²) in [5.41, 5.74) is 0.795. The fourth-order valence-electron chi connectivity index (χ4n) is 1.55. The SMILES string of the molecule is Cc1cc(Cl)ccc1NC(=O)c1ccnc(F)c1F. The van der Waals surface area contributed by atoms with Crippen molar-refractivity contribution in [2.75, 3.05) is 5.32 Å². The third kappa shape index (κ3) is 2.88. The summed E-state index contributed by atoms with van der Waals surface area (Å²) in [6.45, 7) is 1.74. The number of halogens is 3. The van der Waals surface area contributed by atoms with Crippen LogP contribution in [0.3, 0.4) is 0 Å². The van der Waals surface area contributed by atoms with E-state index in [1.165, 1.54) is 0 Å². The molecule has 3 nitrogen and oxygen atoms in total. The molecule has 0 radical (unpaired) electrons. The highest BCUT2D eigenvalue weighted by Crippen LogP contribution is 2.20. The second-order valence-electron chi connectivity index (χ2n) is 3.88. The van der Waals surface area contributed by atoms with Crippen molar-refractivity contribution in [1.29, 1.82) is 0 Å². The number of hydrogen-bond donors (Lipinski definition) is 1. The predicted octanol–water partition coefficient (Wildman–Crippen LogP) is 3.57. The van der Waals surface area contributed by atoms with Crippen molar-refractivity contribution in [1.82, 2.24) is 4.98 Å².